The lowest BCUT2D eigenvalue weighted by Crippen LogP contribution is -2.37. The highest BCUT2D eigenvalue weighted by Gasteiger charge is 2.41. The number of ether oxygens (including phenoxy) is 1. The van der Waals surface area contributed by atoms with Crippen molar-refractivity contribution in [3.05, 3.63) is 59.0 Å². The van der Waals surface area contributed by atoms with Crippen molar-refractivity contribution in [3.8, 4) is 5.75 Å². The molecule has 0 bridgehead atoms. The highest BCUT2D eigenvalue weighted by molar-refractivity contribution is 9.10. The lowest BCUT2D eigenvalue weighted by atomic mass is 9.81. The van der Waals surface area contributed by atoms with E-state index in [0.29, 0.717) is 29.4 Å². The Morgan fingerprint density at radius 2 is 1.97 bits per heavy atom. The average Bonchev–Trinajstić information content (AvgIpc) is 2.88. The summed E-state index contributed by atoms with van der Waals surface area (Å²) in [7, 11) is -3.74. The summed E-state index contributed by atoms with van der Waals surface area (Å²) in [5, 5.41) is 8.72. The number of carboxylic acids is 1. The van der Waals surface area contributed by atoms with E-state index in [1.807, 2.05) is 42.2 Å². The Balaban J connectivity index is 2.20. The van der Waals surface area contributed by atoms with Gasteiger partial charge in [0.15, 0.2) is 9.84 Å². The van der Waals surface area contributed by atoms with Crippen LogP contribution in [-0.2, 0) is 14.6 Å². The molecule has 1 N–H and O–H groups in total. The molecule has 0 amide bonds. The molecule has 0 saturated heterocycles. The molecule has 0 saturated carbocycles. The average molecular weight is 540 g/mol. The lowest BCUT2D eigenvalue weighted by Gasteiger charge is -2.36. The van der Waals surface area contributed by atoms with Gasteiger partial charge < -0.3 is 14.7 Å². The minimum atomic E-state index is -3.74. The third-order valence-electron chi connectivity index (χ3n) is 6.00. The van der Waals surface area contributed by atoms with Crippen LogP contribution < -0.4 is 9.64 Å². The molecule has 0 aromatic heterocycles. The molecule has 33 heavy (non-hydrogen) atoms. The Labute approximate surface area is 202 Å². The fourth-order valence-electron chi connectivity index (χ4n) is 4.12. The number of aliphatic carboxylic acids is 1. The summed E-state index contributed by atoms with van der Waals surface area (Å²) in [6.45, 7) is 4.64. The van der Waals surface area contributed by atoms with Gasteiger partial charge in [0.1, 0.15) is 12.0 Å². The fraction of sp³-hybridized carbons (Fsp3) is 0.375. The summed E-state index contributed by atoms with van der Waals surface area (Å²) < 4.78 is 46.3. The van der Waals surface area contributed by atoms with Crippen LogP contribution in [0.4, 0.5) is 15.8 Å². The van der Waals surface area contributed by atoms with Crippen LogP contribution in [0.2, 0.25) is 0 Å². The Morgan fingerprint density at radius 3 is 2.58 bits per heavy atom. The number of unbranched alkanes of at least 4 members (excludes halogenated alkanes) is 1. The molecule has 178 valence electrons. The van der Waals surface area contributed by atoms with Crippen molar-refractivity contribution in [1.82, 2.24) is 0 Å². The number of hydrogen-bond acceptors (Lipinski definition) is 5. The molecule has 1 atom stereocenters. The topological polar surface area (TPSA) is 83.9 Å². The second-order valence-electron chi connectivity index (χ2n) is 8.28. The zero-order valence-electron chi connectivity index (χ0n) is 18.6. The summed E-state index contributed by atoms with van der Waals surface area (Å²) >= 11 is 3.37. The van der Waals surface area contributed by atoms with Crippen LogP contribution in [0.1, 0.15) is 39.5 Å². The van der Waals surface area contributed by atoms with Crippen LogP contribution in [0.25, 0.3) is 0 Å². The third-order valence-corrected chi connectivity index (χ3v) is 8.61. The van der Waals surface area contributed by atoms with Crippen molar-refractivity contribution in [2.45, 2.75) is 44.4 Å². The van der Waals surface area contributed by atoms with Gasteiger partial charge in [-0.3, -0.25) is 0 Å². The van der Waals surface area contributed by atoms with Crippen molar-refractivity contribution in [2.75, 3.05) is 17.2 Å². The third kappa shape index (κ3) is 5.58. The van der Waals surface area contributed by atoms with E-state index in [4.69, 9.17) is 9.84 Å². The molecule has 0 fully saturated rings. The number of para-hydroxylation sites is 1. The normalized spacial score (nSPS) is 20.1. The molecule has 3 rings (SSSR count). The molecule has 1 aliphatic heterocycles. The maximum absolute atomic E-state index is 13.6. The number of hydrogen-bond donors (Lipinski definition) is 1. The van der Waals surface area contributed by atoms with Gasteiger partial charge in [0.05, 0.1) is 20.8 Å². The molecule has 9 heteroatoms. The molecule has 0 aliphatic carbocycles. The van der Waals surface area contributed by atoms with E-state index in [1.54, 1.807) is 6.07 Å². The first-order chi connectivity index (χ1) is 15.6. The second kappa shape index (κ2) is 10.3. The predicted molar refractivity (Wildman–Crippen MR) is 129 cm³/mol. The van der Waals surface area contributed by atoms with Gasteiger partial charge in [-0.1, -0.05) is 44.9 Å². The van der Waals surface area contributed by atoms with Crippen molar-refractivity contribution in [3.63, 3.8) is 0 Å². The van der Waals surface area contributed by atoms with Gasteiger partial charge in [0, 0.05) is 23.7 Å². The molecule has 2 aromatic carbocycles. The summed E-state index contributed by atoms with van der Waals surface area (Å²) in [5.41, 5.74) is 0.907. The van der Waals surface area contributed by atoms with Crippen molar-refractivity contribution >= 4 is 43.1 Å². The van der Waals surface area contributed by atoms with Gasteiger partial charge >= 0.3 is 5.97 Å². The Kier molecular flexibility index (Phi) is 7.84. The summed E-state index contributed by atoms with van der Waals surface area (Å²) in [6, 6.07) is 12.5. The van der Waals surface area contributed by atoms with E-state index in [2.05, 4.69) is 22.9 Å². The van der Waals surface area contributed by atoms with Crippen molar-refractivity contribution < 1.29 is 27.4 Å². The van der Waals surface area contributed by atoms with E-state index in [0.717, 1.165) is 24.9 Å². The summed E-state index contributed by atoms with van der Waals surface area (Å²) in [4.78, 5) is 12.8. The molecule has 1 heterocycles. The monoisotopic (exact) mass is 539 g/mol. The van der Waals surface area contributed by atoms with Gasteiger partial charge in [0.25, 0.3) is 0 Å². The molecule has 0 spiro atoms. The number of carbonyl (C=O) groups is 1. The number of halogens is 2. The quantitative estimate of drug-likeness (QED) is 0.316. The fourth-order valence-corrected chi connectivity index (χ4v) is 6.72. The number of sulfone groups is 1. The van der Waals surface area contributed by atoms with E-state index >= 15 is 0 Å². The molecular weight excluding hydrogens is 513 g/mol. The van der Waals surface area contributed by atoms with Crippen molar-refractivity contribution in [2.24, 2.45) is 5.41 Å². The standard InChI is InChI=1S/C24H27BrFNO5S/c1-3-5-11-24(4-2)15-27(17-9-7-6-8-10-17)20-12-18(25)21(32-14-19(26)23(28)29)13-22(20)33(30,31)16-24/h6-10,12-14H,3-5,11,15-16H2,1-2H3,(H,28,29)/b19-14-/t24-/m0/s1. The molecule has 2 aromatic rings. The Bertz CT molecular complexity index is 1150. The zero-order chi connectivity index (χ0) is 24.2. The summed E-state index contributed by atoms with van der Waals surface area (Å²) in [6.07, 6.45) is 3.80. The largest absolute Gasteiger partial charge is 0.476 e. The Morgan fingerprint density at radius 1 is 1.27 bits per heavy atom. The first-order valence-corrected chi connectivity index (χ1v) is 13.2. The van der Waals surface area contributed by atoms with E-state index in [1.165, 1.54) is 6.07 Å². The van der Waals surface area contributed by atoms with E-state index < -0.39 is 27.0 Å². The molecular formula is C24H27BrFNO5S. The van der Waals surface area contributed by atoms with Gasteiger partial charge in [-0.25, -0.2) is 13.2 Å². The number of rotatable bonds is 8. The minimum Gasteiger partial charge on any atom is -0.476 e. The lowest BCUT2D eigenvalue weighted by molar-refractivity contribution is -0.134. The number of nitrogens with zero attached hydrogens (tertiary/aromatic N) is 1. The van der Waals surface area contributed by atoms with Gasteiger partial charge in [0.2, 0.25) is 5.83 Å². The predicted octanol–water partition coefficient (Wildman–Crippen LogP) is 6.24. The van der Waals surface area contributed by atoms with Crippen LogP contribution in [0.5, 0.6) is 5.75 Å². The van der Waals surface area contributed by atoms with Gasteiger partial charge in [-0.05, 0) is 47.0 Å². The van der Waals surface area contributed by atoms with Gasteiger partial charge in [-0.2, -0.15) is 4.39 Å². The van der Waals surface area contributed by atoms with Crippen LogP contribution in [0, 0.1) is 5.41 Å². The first kappa shape index (κ1) is 25.2. The first-order valence-electron chi connectivity index (χ1n) is 10.8. The number of fused-ring (bicyclic) bond motifs is 1. The van der Waals surface area contributed by atoms with E-state index in [-0.39, 0.29) is 16.4 Å². The van der Waals surface area contributed by atoms with Crippen molar-refractivity contribution in [1.29, 1.82) is 0 Å². The van der Waals surface area contributed by atoms with Crippen LogP contribution in [-0.4, -0.2) is 31.8 Å². The van der Waals surface area contributed by atoms with Crippen LogP contribution >= 0.6 is 15.9 Å². The molecule has 1 aliphatic rings. The highest BCUT2D eigenvalue weighted by Crippen LogP contribution is 2.46. The second-order valence-corrected chi connectivity index (χ2v) is 11.1. The zero-order valence-corrected chi connectivity index (χ0v) is 21.0. The number of anilines is 2. The maximum Gasteiger partial charge on any atom is 0.368 e. The van der Waals surface area contributed by atoms with Gasteiger partial charge in [-0.15, -0.1) is 0 Å². The smallest absolute Gasteiger partial charge is 0.368 e. The SMILES string of the molecule is CCCC[C@@]1(CC)CN(c2ccccc2)c2cc(Br)c(O/C=C(\F)C(=O)O)cc2S(=O)(=O)C1. The molecule has 0 unspecified atom stereocenters. The highest BCUT2D eigenvalue weighted by atomic mass is 79.9. The minimum absolute atomic E-state index is 0.0132. The number of carboxylic acid groups (broad SMARTS) is 1. The van der Waals surface area contributed by atoms with E-state index in [9.17, 15) is 17.6 Å². The maximum atomic E-state index is 13.6. The molecule has 0 radical (unpaired) electrons. The molecule has 6 nitrogen and oxygen atoms in total. The van der Waals surface area contributed by atoms with Crippen LogP contribution in [0.15, 0.2) is 63.9 Å². The Hall–Kier alpha value is -2.39. The number of benzene rings is 2. The van der Waals surface area contributed by atoms with Crippen LogP contribution in [0.3, 0.4) is 0 Å². The summed E-state index contributed by atoms with van der Waals surface area (Å²) in [5.74, 6) is -3.27.